The van der Waals surface area contributed by atoms with Crippen LogP contribution in [0.2, 0.25) is 0 Å². The molecule has 0 spiro atoms. The lowest BCUT2D eigenvalue weighted by Gasteiger charge is -2.33. The summed E-state index contributed by atoms with van der Waals surface area (Å²) in [6.07, 6.45) is 5.71. The van der Waals surface area contributed by atoms with Gasteiger partial charge in [-0.15, -0.1) is 24.0 Å². The predicted molar refractivity (Wildman–Crippen MR) is 137 cm³/mol. The summed E-state index contributed by atoms with van der Waals surface area (Å²) >= 11 is 0. The van der Waals surface area contributed by atoms with Gasteiger partial charge in [0.05, 0.1) is 12.7 Å². The van der Waals surface area contributed by atoms with E-state index in [9.17, 15) is 0 Å². The van der Waals surface area contributed by atoms with Crippen molar-refractivity contribution in [3.05, 3.63) is 35.5 Å². The van der Waals surface area contributed by atoms with Gasteiger partial charge in [0.15, 0.2) is 5.96 Å². The Labute approximate surface area is 198 Å². The molecule has 1 aliphatic rings. The van der Waals surface area contributed by atoms with E-state index in [1.54, 1.807) is 0 Å². The minimum Gasteiger partial charge on any atom is -0.377 e. The smallest absolute Gasteiger partial charge is 0.191 e. The lowest BCUT2D eigenvalue weighted by molar-refractivity contribution is 0.0532. The van der Waals surface area contributed by atoms with E-state index in [-0.39, 0.29) is 24.0 Å². The third-order valence-electron chi connectivity index (χ3n) is 5.71. The zero-order valence-corrected chi connectivity index (χ0v) is 21.2. The summed E-state index contributed by atoms with van der Waals surface area (Å²) in [5.41, 5.74) is 3.89. The third kappa shape index (κ3) is 7.13. The molecule has 1 aliphatic heterocycles. The van der Waals surface area contributed by atoms with Crippen LogP contribution in [-0.2, 0) is 11.2 Å². The lowest BCUT2D eigenvalue weighted by Crippen LogP contribution is -2.49. The van der Waals surface area contributed by atoms with Gasteiger partial charge in [0, 0.05) is 56.4 Å². The van der Waals surface area contributed by atoms with Crippen LogP contribution in [0.15, 0.2) is 29.4 Å². The number of fused-ring (bicyclic) bond motifs is 1. The fraction of sp³-hybridized carbons (Fsp3) is 0.609. The van der Waals surface area contributed by atoms with Crippen LogP contribution in [0.1, 0.15) is 37.8 Å². The highest BCUT2D eigenvalue weighted by atomic mass is 127. The lowest BCUT2D eigenvalue weighted by atomic mass is 10.1. The van der Waals surface area contributed by atoms with Crippen molar-refractivity contribution >= 4 is 40.8 Å². The number of para-hydroxylation sites is 1. The van der Waals surface area contributed by atoms with Crippen molar-refractivity contribution in [2.45, 2.75) is 52.2 Å². The fourth-order valence-corrected chi connectivity index (χ4v) is 3.99. The molecule has 0 aliphatic carbocycles. The van der Waals surface area contributed by atoms with Crippen LogP contribution in [-0.4, -0.2) is 67.8 Å². The number of nitrogens with zero attached hydrogens (tertiary/aromatic N) is 2. The average Bonchev–Trinajstić information content (AvgIpc) is 3.12. The van der Waals surface area contributed by atoms with Gasteiger partial charge in [-0.3, -0.25) is 4.99 Å². The van der Waals surface area contributed by atoms with Crippen molar-refractivity contribution in [2.75, 3.05) is 39.8 Å². The molecule has 1 aromatic heterocycles. The molecule has 6 nitrogen and oxygen atoms in total. The third-order valence-corrected chi connectivity index (χ3v) is 5.71. The molecule has 3 N–H and O–H groups in total. The first-order valence-electron chi connectivity index (χ1n) is 10.9. The molecule has 1 saturated heterocycles. The van der Waals surface area contributed by atoms with Gasteiger partial charge in [-0.05, 0) is 51.2 Å². The quantitative estimate of drug-likeness (QED) is 0.279. The Morgan fingerprint density at radius 1 is 1.30 bits per heavy atom. The number of piperidine rings is 1. The Kier molecular flexibility index (Phi) is 10.4. The highest BCUT2D eigenvalue weighted by Gasteiger charge is 2.19. The van der Waals surface area contributed by atoms with E-state index in [4.69, 9.17) is 4.74 Å². The van der Waals surface area contributed by atoms with Crippen LogP contribution in [0.5, 0.6) is 0 Å². The van der Waals surface area contributed by atoms with Gasteiger partial charge in [0.1, 0.15) is 0 Å². The number of guanidine groups is 1. The number of benzene rings is 1. The van der Waals surface area contributed by atoms with Crippen LogP contribution >= 0.6 is 24.0 Å². The highest BCUT2D eigenvalue weighted by molar-refractivity contribution is 14.0. The largest absolute Gasteiger partial charge is 0.377 e. The maximum atomic E-state index is 5.67. The van der Waals surface area contributed by atoms with Crippen LogP contribution in [0.3, 0.4) is 0 Å². The molecule has 168 valence electrons. The Hall–Kier alpha value is -1.32. The number of aliphatic imine (C=N–C) groups is 1. The number of ether oxygens (including phenoxy) is 1. The van der Waals surface area contributed by atoms with Crippen LogP contribution in [0.4, 0.5) is 0 Å². The van der Waals surface area contributed by atoms with E-state index in [0.29, 0.717) is 12.1 Å². The second-order valence-electron chi connectivity index (χ2n) is 8.24. The van der Waals surface area contributed by atoms with E-state index in [1.807, 2.05) is 7.05 Å². The van der Waals surface area contributed by atoms with E-state index in [0.717, 1.165) is 58.0 Å². The molecule has 0 saturated carbocycles. The Morgan fingerprint density at radius 2 is 2.07 bits per heavy atom. The Balaban J connectivity index is 0.00000320. The molecule has 7 heteroatoms. The Morgan fingerprint density at radius 3 is 2.77 bits per heavy atom. The molecule has 0 amide bonds. The molecular formula is C23H38IN5O. The van der Waals surface area contributed by atoms with Gasteiger partial charge in [-0.2, -0.15) is 0 Å². The van der Waals surface area contributed by atoms with E-state index in [2.05, 4.69) is 70.7 Å². The molecule has 3 rings (SSSR count). The summed E-state index contributed by atoms with van der Waals surface area (Å²) in [5, 5.41) is 8.41. The summed E-state index contributed by atoms with van der Waals surface area (Å²) in [7, 11) is 1.85. The minimum absolute atomic E-state index is 0. The van der Waals surface area contributed by atoms with Crippen LogP contribution in [0, 0.1) is 6.92 Å². The number of hydrogen-bond acceptors (Lipinski definition) is 3. The SMILES string of the molecule is CN=C(NCCc1c[nH]c2c(C)cccc12)NC1CCN(CCOC(C)C)CC1.I. The van der Waals surface area contributed by atoms with Gasteiger partial charge in [-0.25, -0.2) is 0 Å². The molecule has 1 fully saturated rings. The molecule has 0 atom stereocenters. The molecule has 2 heterocycles. The van der Waals surface area contributed by atoms with Crippen molar-refractivity contribution in [2.24, 2.45) is 4.99 Å². The van der Waals surface area contributed by atoms with Crippen molar-refractivity contribution < 1.29 is 4.74 Å². The van der Waals surface area contributed by atoms with Gasteiger partial charge < -0.3 is 25.3 Å². The first-order valence-corrected chi connectivity index (χ1v) is 10.9. The predicted octanol–water partition coefficient (Wildman–Crippen LogP) is 3.69. The van der Waals surface area contributed by atoms with E-state index in [1.165, 1.54) is 22.0 Å². The molecule has 2 aromatic rings. The standard InChI is InChI=1S/C23H37N5O.HI/c1-17(2)29-15-14-28-12-9-20(10-13-28)27-23(24-4)25-11-8-19-16-26-22-18(3)6-5-7-21(19)22;/h5-7,16-17,20,26H,8-15H2,1-4H3,(H2,24,25,27);1H. The van der Waals surface area contributed by atoms with E-state index >= 15 is 0 Å². The normalized spacial score (nSPS) is 16.1. The maximum Gasteiger partial charge on any atom is 0.191 e. The zero-order valence-electron chi connectivity index (χ0n) is 18.8. The maximum absolute atomic E-state index is 5.67. The van der Waals surface area contributed by atoms with Crippen molar-refractivity contribution in [1.29, 1.82) is 0 Å². The molecular weight excluding hydrogens is 489 g/mol. The van der Waals surface area contributed by atoms with Gasteiger partial charge >= 0.3 is 0 Å². The summed E-state index contributed by atoms with van der Waals surface area (Å²) in [6, 6.07) is 6.96. The number of aromatic amines is 1. The molecule has 30 heavy (non-hydrogen) atoms. The first-order chi connectivity index (χ1) is 14.1. The second kappa shape index (κ2) is 12.5. The molecule has 1 aromatic carbocycles. The summed E-state index contributed by atoms with van der Waals surface area (Å²) in [4.78, 5) is 10.3. The number of likely N-dealkylation sites (tertiary alicyclic amines) is 1. The van der Waals surface area contributed by atoms with Crippen molar-refractivity contribution in [1.82, 2.24) is 20.5 Å². The monoisotopic (exact) mass is 527 g/mol. The molecule has 0 unspecified atom stereocenters. The number of rotatable bonds is 8. The van der Waals surface area contributed by atoms with Crippen molar-refractivity contribution in [3.8, 4) is 0 Å². The van der Waals surface area contributed by atoms with Gasteiger partial charge in [-0.1, -0.05) is 18.2 Å². The van der Waals surface area contributed by atoms with Gasteiger partial charge in [0.25, 0.3) is 0 Å². The topological polar surface area (TPSA) is 64.7 Å². The number of hydrogen-bond donors (Lipinski definition) is 3. The number of nitrogens with one attached hydrogen (secondary N) is 3. The number of halogens is 1. The van der Waals surface area contributed by atoms with Crippen molar-refractivity contribution in [3.63, 3.8) is 0 Å². The number of aromatic nitrogens is 1. The summed E-state index contributed by atoms with van der Waals surface area (Å²) in [6.45, 7) is 11.3. The average molecular weight is 527 g/mol. The highest BCUT2D eigenvalue weighted by Crippen LogP contribution is 2.21. The number of aryl methyl sites for hydroxylation is 1. The summed E-state index contributed by atoms with van der Waals surface area (Å²) < 4.78 is 5.67. The van der Waals surface area contributed by atoms with Crippen LogP contribution < -0.4 is 10.6 Å². The first kappa shape index (κ1) is 24.9. The number of H-pyrrole nitrogens is 1. The van der Waals surface area contributed by atoms with Gasteiger partial charge in [0.2, 0.25) is 0 Å². The van der Waals surface area contributed by atoms with E-state index < -0.39 is 0 Å². The second-order valence-corrected chi connectivity index (χ2v) is 8.24. The molecule has 0 bridgehead atoms. The van der Waals surface area contributed by atoms with Crippen LogP contribution in [0.25, 0.3) is 10.9 Å². The molecule has 0 radical (unpaired) electrons. The zero-order chi connectivity index (χ0) is 20.6. The Bertz CT molecular complexity index is 796. The minimum atomic E-state index is 0. The summed E-state index contributed by atoms with van der Waals surface area (Å²) in [5.74, 6) is 0.905. The fourth-order valence-electron chi connectivity index (χ4n) is 3.99.